The first-order chi connectivity index (χ1) is 16.4. The Balaban J connectivity index is 1.93. The summed E-state index contributed by atoms with van der Waals surface area (Å²) in [6, 6.07) is 10.9. The van der Waals surface area contributed by atoms with Crippen LogP contribution in [0.15, 0.2) is 63.4 Å². The van der Waals surface area contributed by atoms with E-state index in [1.54, 1.807) is 45.0 Å². The fourth-order valence-corrected chi connectivity index (χ4v) is 4.69. The monoisotopic (exact) mass is 496 g/mol. The Labute approximate surface area is 202 Å². The number of furan rings is 1. The third-order valence-electron chi connectivity index (χ3n) is 5.92. The second-order valence-corrected chi connectivity index (χ2v) is 9.85. The van der Waals surface area contributed by atoms with Crippen molar-refractivity contribution < 1.29 is 32.3 Å². The number of methoxy groups -OCH3 is 1. The quantitative estimate of drug-likeness (QED) is 0.313. The van der Waals surface area contributed by atoms with Crippen LogP contribution >= 0.6 is 0 Å². The molecule has 0 aliphatic carbocycles. The maximum absolute atomic E-state index is 13.2. The van der Waals surface area contributed by atoms with Gasteiger partial charge in [-0.3, -0.25) is 14.5 Å². The highest BCUT2D eigenvalue weighted by atomic mass is 32.2. The number of aliphatic hydroxyl groups excluding tert-OH is 1. The summed E-state index contributed by atoms with van der Waals surface area (Å²) in [6.45, 7) is 5.27. The van der Waals surface area contributed by atoms with Crippen LogP contribution in [0.5, 0.6) is 5.75 Å². The van der Waals surface area contributed by atoms with Crippen molar-refractivity contribution >= 4 is 33.2 Å². The average Bonchev–Trinajstić information content (AvgIpc) is 3.34. The van der Waals surface area contributed by atoms with Crippen LogP contribution in [0.25, 0.3) is 5.76 Å². The number of aryl methyl sites for hydroxylation is 3. The van der Waals surface area contributed by atoms with Gasteiger partial charge >= 0.3 is 0 Å². The van der Waals surface area contributed by atoms with Crippen molar-refractivity contribution in [3.05, 3.63) is 82.3 Å². The summed E-state index contributed by atoms with van der Waals surface area (Å²) in [5, 5.41) is 16.5. The minimum atomic E-state index is -3.95. The zero-order valence-corrected chi connectivity index (χ0v) is 20.3. The van der Waals surface area contributed by atoms with E-state index in [0.717, 1.165) is 5.56 Å². The SMILES string of the molecule is COc1cc(C)c(/C(O)=C2\C(=O)C(=O)N(c3ccc(S(N)(=O)=O)cc3)C2c2ccc(C)o2)cc1C. The van der Waals surface area contributed by atoms with Crippen LogP contribution in [0.4, 0.5) is 5.69 Å². The number of ether oxygens (including phenoxy) is 1. The molecule has 0 saturated carbocycles. The second-order valence-electron chi connectivity index (χ2n) is 8.29. The van der Waals surface area contributed by atoms with Gasteiger partial charge in [0, 0.05) is 11.3 Å². The molecule has 1 aliphatic heterocycles. The molecule has 1 atom stereocenters. The van der Waals surface area contributed by atoms with Crippen molar-refractivity contribution in [2.24, 2.45) is 5.14 Å². The number of rotatable bonds is 5. The Morgan fingerprint density at radius 1 is 1.03 bits per heavy atom. The van der Waals surface area contributed by atoms with Gasteiger partial charge in [-0.2, -0.15) is 0 Å². The lowest BCUT2D eigenvalue weighted by Gasteiger charge is -2.23. The Hall–Kier alpha value is -3.89. The summed E-state index contributed by atoms with van der Waals surface area (Å²) in [4.78, 5) is 27.5. The molecule has 1 unspecified atom stereocenters. The zero-order valence-electron chi connectivity index (χ0n) is 19.5. The molecule has 4 rings (SSSR count). The van der Waals surface area contributed by atoms with Gasteiger partial charge in [-0.05, 0) is 80.4 Å². The molecule has 182 valence electrons. The van der Waals surface area contributed by atoms with Gasteiger partial charge in [0.1, 0.15) is 29.1 Å². The molecule has 1 fully saturated rings. The summed E-state index contributed by atoms with van der Waals surface area (Å²) in [6.07, 6.45) is 0. The number of carbonyl (C=O) groups is 2. The number of carbonyl (C=O) groups excluding carboxylic acids is 2. The molecule has 2 aromatic carbocycles. The van der Waals surface area contributed by atoms with Crippen LogP contribution in [-0.4, -0.2) is 32.3 Å². The molecule has 1 aromatic heterocycles. The zero-order chi connectivity index (χ0) is 25.7. The van der Waals surface area contributed by atoms with Crippen LogP contribution < -0.4 is 14.8 Å². The predicted octanol–water partition coefficient (Wildman–Crippen LogP) is 3.49. The normalized spacial score (nSPS) is 17.7. The van der Waals surface area contributed by atoms with Crippen molar-refractivity contribution in [1.82, 2.24) is 0 Å². The first-order valence-electron chi connectivity index (χ1n) is 10.6. The molecule has 2 heterocycles. The second kappa shape index (κ2) is 8.71. The number of ketones is 1. The minimum Gasteiger partial charge on any atom is -0.507 e. The number of Topliss-reactive ketones (excluding diaryl/α,β-unsaturated/α-hetero) is 1. The number of benzene rings is 2. The van der Waals surface area contributed by atoms with Gasteiger partial charge in [0.25, 0.3) is 11.7 Å². The average molecular weight is 497 g/mol. The number of primary sulfonamides is 1. The van der Waals surface area contributed by atoms with Gasteiger partial charge in [0.15, 0.2) is 0 Å². The number of hydrogen-bond acceptors (Lipinski definition) is 7. The summed E-state index contributed by atoms with van der Waals surface area (Å²) in [5.74, 6) is -0.711. The van der Waals surface area contributed by atoms with E-state index in [-0.39, 0.29) is 27.7 Å². The molecule has 3 aromatic rings. The molecule has 1 saturated heterocycles. The fourth-order valence-electron chi connectivity index (χ4n) is 4.17. The van der Waals surface area contributed by atoms with E-state index < -0.39 is 27.8 Å². The maximum Gasteiger partial charge on any atom is 0.300 e. The summed E-state index contributed by atoms with van der Waals surface area (Å²) in [5.41, 5.74) is 1.84. The lowest BCUT2D eigenvalue weighted by atomic mass is 9.95. The van der Waals surface area contributed by atoms with Crippen LogP contribution in [0.2, 0.25) is 0 Å². The molecule has 35 heavy (non-hydrogen) atoms. The predicted molar refractivity (Wildman–Crippen MR) is 129 cm³/mol. The van der Waals surface area contributed by atoms with Gasteiger partial charge < -0.3 is 14.3 Å². The van der Waals surface area contributed by atoms with Crippen molar-refractivity contribution in [3.63, 3.8) is 0 Å². The third kappa shape index (κ3) is 4.22. The molecule has 0 radical (unpaired) electrons. The van der Waals surface area contributed by atoms with Gasteiger partial charge in [0.05, 0.1) is 17.6 Å². The van der Waals surface area contributed by atoms with Crippen molar-refractivity contribution in [2.45, 2.75) is 31.7 Å². The van der Waals surface area contributed by atoms with Gasteiger partial charge in [0.2, 0.25) is 10.0 Å². The summed E-state index contributed by atoms with van der Waals surface area (Å²) >= 11 is 0. The lowest BCUT2D eigenvalue weighted by molar-refractivity contribution is -0.132. The van der Waals surface area contributed by atoms with E-state index >= 15 is 0 Å². The van der Waals surface area contributed by atoms with Crippen molar-refractivity contribution in [2.75, 3.05) is 12.0 Å². The summed E-state index contributed by atoms with van der Waals surface area (Å²) < 4.78 is 34.4. The fraction of sp³-hybridized carbons (Fsp3) is 0.200. The van der Waals surface area contributed by atoms with Crippen LogP contribution in [0.1, 0.15) is 34.3 Å². The van der Waals surface area contributed by atoms with Crippen LogP contribution in [0.3, 0.4) is 0 Å². The third-order valence-corrected chi connectivity index (χ3v) is 6.84. The first kappa shape index (κ1) is 24.2. The molecular weight excluding hydrogens is 472 g/mol. The topological polar surface area (TPSA) is 140 Å². The maximum atomic E-state index is 13.2. The van der Waals surface area contributed by atoms with Gasteiger partial charge in [-0.25, -0.2) is 13.6 Å². The molecule has 1 aliphatic rings. The standard InChI is InChI=1S/C25H24N2O7S/c1-13-12-20(33-4)14(2)11-18(13)23(28)21-22(19-10-5-15(3)34-19)27(25(30)24(21)29)16-6-8-17(9-7-16)35(26,31)32/h5-12,22,28H,1-4H3,(H2,26,31,32)/b23-21+. The first-order valence-corrected chi connectivity index (χ1v) is 12.1. The molecule has 0 spiro atoms. The lowest BCUT2D eigenvalue weighted by Crippen LogP contribution is -2.29. The van der Waals surface area contributed by atoms with Gasteiger partial charge in [-0.15, -0.1) is 0 Å². The molecule has 1 amide bonds. The Morgan fingerprint density at radius 3 is 2.23 bits per heavy atom. The van der Waals surface area contributed by atoms with Crippen LogP contribution in [0, 0.1) is 20.8 Å². The molecule has 3 N–H and O–H groups in total. The molecule has 9 nitrogen and oxygen atoms in total. The van der Waals surface area contributed by atoms with E-state index in [4.69, 9.17) is 14.3 Å². The Morgan fingerprint density at radius 2 is 1.69 bits per heavy atom. The Bertz CT molecular complexity index is 1480. The highest BCUT2D eigenvalue weighted by molar-refractivity contribution is 7.89. The van der Waals surface area contributed by atoms with E-state index in [0.29, 0.717) is 22.6 Å². The Kier molecular flexibility index (Phi) is 6.04. The number of sulfonamides is 1. The number of hydrogen-bond donors (Lipinski definition) is 2. The smallest absolute Gasteiger partial charge is 0.300 e. The number of aliphatic hydroxyl groups is 1. The van der Waals surface area contributed by atoms with E-state index in [9.17, 15) is 23.1 Å². The van der Waals surface area contributed by atoms with E-state index in [1.807, 2.05) is 0 Å². The van der Waals surface area contributed by atoms with Gasteiger partial charge in [-0.1, -0.05) is 0 Å². The molecular formula is C25H24N2O7S. The number of nitrogens with zero attached hydrogens (tertiary/aromatic N) is 1. The van der Waals surface area contributed by atoms with E-state index in [2.05, 4.69) is 0 Å². The molecule has 10 heteroatoms. The van der Waals surface area contributed by atoms with Crippen molar-refractivity contribution in [3.8, 4) is 5.75 Å². The van der Waals surface area contributed by atoms with Crippen LogP contribution in [-0.2, 0) is 19.6 Å². The number of amides is 1. The summed E-state index contributed by atoms with van der Waals surface area (Å²) in [7, 11) is -2.42. The highest BCUT2D eigenvalue weighted by Gasteiger charge is 2.48. The molecule has 0 bridgehead atoms. The number of anilines is 1. The highest BCUT2D eigenvalue weighted by Crippen LogP contribution is 2.43. The van der Waals surface area contributed by atoms with Crippen molar-refractivity contribution in [1.29, 1.82) is 0 Å². The largest absolute Gasteiger partial charge is 0.507 e. The van der Waals surface area contributed by atoms with E-state index in [1.165, 1.54) is 36.3 Å². The number of nitrogens with two attached hydrogens (primary N) is 1. The minimum absolute atomic E-state index is 0.146.